The lowest BCUT2D eigenvalue weighted by Gasteiger charge is -2.07. The van der Waals surface area contributed by atoms with Gasteiger partial charge in [-0.25, -0.2) is 0 Å². The average molecular weight is 276 g/mol. The number of rotatable bonds is 8. The molecule has 2 aromatic rings. The first-order valence-electron chi connectivity index (χ1n) is 7.06. The number of unbranched alkanes of at least 4 members (excludes halogenated alkanes) is 2. The van der Waals surface area contributed by atoms with Crippen LogP contribution in [0.2, 0.25) is 0 Å². The van der Waals surface area contributed by atoms with E-state index in [2.05, 4.69) is 0 Å². The number of fused-ring (bicyclic) bond motifs is 1. The Bertz CT molecular complexity index is 544. The molecule has 1 aromatic carbocycles. The van der Waals surface area contributed by atoms with Crippen molar-refractivity contribution < 1.29 is 18.7 Å². The molecule has 4 heteroatoms. The van der Waals surface area contributed by atoms with E-state index in [1.165, 1.54) is 0 Å². The number of benzene rings is 1. The Morgan fingerprint density at radius 3 is 2.95 bits per heavy atom. The molecule has 0 aliphatic carbocycles. The van der Waals surface area contributed by atoms with Crippen LogP contribution in [0.1, 0.15) is 32.6 Å². The highest BCUT2D eigenvalue weighted by Crippen LogP contribution is 2.26. The predicted molar refractivity (Wildman–Crippen MR) is 76.8 cm³/mol. The maximum absolute atomic E-state index is 11.2. The lowest BCUT2D eigenvalue weighted by atomic mass is 10.2. The van der Waals surface area contributed by atoms with E-state index >= 15 is 0 Å². The van der Waals surface area contributed by atoms with Gasteiger partial charge in [-0.05, 0) is 44.4 Å². The summed E-state index contributed by atoms with van der Waals surface area (Å²) in [6.45, 7) is 2.92. The lowest BCUT2D eigenvalue weighted by Crippen LogP contribution is -2.04. The molecular weight excluding hydrogens is 256 g/mol. The van der Waals surface area contributed by atoms with Crippen molar-refractivity contribution in [1.29, 1.82) is 0 Å². The summed E-state index contributed by atoms with van der Waals surface area (Å²) in [5.41, 5.74) is 0.838. The fourth-order valence-corrected chi connectivity index (χ4v) is 2.06. The van der Waals surface area contributed by atoms with E-state index < -0.39 is 0 Å². The lowest BCUT2D eigenvalue weighted by molar-refractivity contribution is -0.143. The predicted octanol–water partition coefficient (Wildman–Crippen LogP) is 3.94. The standard InChI is InChI=1S/C16H20O4/c1-2-18-16(17)9-4-3-5-11-19-14-7-6-8-15-13(14)10-12-20-15/h6-8,10,12H,2-5,9,11H2,1H3. The van der Waals surface area contributed by atoms with Gasteiger partial charge in [-0.3, -0.25) is 4.79 Å². The fourth-order valence-electron chi connectivity index (χ4n) is 2.06. The summed E-state index contributed by atoms with van der Waals surface area (Å²) in [4.78, 5) is 11.2. The molecule has 2 rings (SSSR count). The minimum atomic E-state index is -0.114. The first-order valence-corrected chi connectivity index (χ1v) is 7.06. The summed E-state index contributed by atoms with van der Waals surface area (Å²) in [6, 6.07) is 7.69. The van der Waals surface area contributed by atoms with Crippen LogP contribution in [-0.2, 0) is 9.53 Å². The number of esters is 1. The molecule has 108 valence electrons. The van der Waals surface area contributed by atoms with E-state index in [1.807, 2.05) is 31.2 Å². The van der Waals surface area contributed by atoms with Crippen molar-refractivity contribution in [3.63, 3.8) is 0 Å². The van der Waals surface area contributed by atoms with E-state index in [0.717, 1.165) is 36.0 Å². The number of hydrogen-bond donors (Lipinski definition) is 0. The monoisotopic (exact) mass is 276 g/mol. The van der Waals surface area contributed by atoms with Crippen LogP contribution in [0.4, 0.5) is 0 Å². The quantitative estimate of drug-likeness (QED) is 0.541. The van der Waals surface area contributed by atoms with Gasteiger partial charge in [0, 0.05) is 6.42 Å². The van der Waals surface area contributed by atoms with Crippen LogP contribution in [0.5, 0.6) is 5.75 Å². The smallest absolute Gasteiger partial charge is 0.305 e. The van der Waals surface area contributed by atoms with Crippen molar-refractivity contribution in [2.45, 2.75) is 32.6 Å². The van der Waals surface area contributed by atoms with Gasteiger partial charge in [-0.15, -0.1) is 0 Å². The van der Waals surface area contributed by atoms with Crippen molar-refractivity contribution >= 4 is 16.9 Å². The second-order valence-corrected chi connectivity index (χ2v) is 4.55. The molecule has 20 heavy (non-hydrogen) atoms. The molecule has 0 saturated heterocycles. The van der Waals surface area contributed by atoms with E-state index in [0.29, 0.717) is 19.6 Å². The zero-order chi connectivity index (χ0) is 14.2. The Balaban J connectivity index is 1.66. The molecule has 0 bridgehead atoms. The summed E-state index contributed by atoms with van der Waals surface area (Å²) in [7, 11) is 0. The van der Waals surface area contributed by atoms with Gasteiger partial charge >= 0.3 is 5.97 Å². The van der Waals surface area contributed by atoms with Crippen molar-refractivity contribution in [1.82, 2.24) is 0 Å². The van der Waals surface area contributed by atoms with Crippen LogP contribution in [0.3, 0.4) is 0 Å². The van der Waals surface area contributed by atoms with Crippen LogP contribution in [0, 0.1) is 0 Å². The van der Waals surface area contributed by atoms with Crippen LogP contribution in [0.15, 0.2) is 34.9 Å². The molecule has 1 heterocycles. The summed E-state index contributed by atoms with van der Waals surface area (Å²) in [6.07, 6.45) is 4.88. The van der Waals surface area contributed by atoms with Gasteiger partial charge in [0.25, 0.3) is 0 Å². The maximum Gasteiger partial charge on any atom is 0.305 e. The van der Waals surface area contributed by atoms with Gasteiger partial charge in [-0.2, -0.15) is 0 Å². The molecule has 0 fully saturated rings. The van der Waals surface area contributed by atoms with Crippen molar-refractivity contribution in [2.24, 2.45) is 0 Å². The maximum atomic E-state index is 11.2. The van der Waals surface area contributed by atoms with Gasteiger partial charge in [0.2, 0.25) is 0 Å². The Morgan fingerprint density at radius 1 is 1.20 bits per heavy atom. The zero-order valence-corrected chi connectivity index (χ0v) is 11.8. The molecule has 0 saturated carbocycles. The Morgan fingerprint density at radius 2 is 2.10 bits per heavy atom. The highest BCUT2D eigenvalue weighted by Gasteiger charge is 2.04. The molecule has 4 nitrogen and oxygen atoms in total. The molecule has 0 N–H and O–H groups in total. The first kappa shape index (κ1) is 14.4. The summed E-state index contributed by atoms with van der Waals surface area (Å²) < 4.78 is 16.0. The molecule has 0 radical (unpaired) electrons. The fraction of sp³-hybridized carbons (Fsp3) is 0.438. The average Bonchev–Trinajstić information content (AvgIpc) is 2.92. The summed E-state index contributed by atoms with van der Waals surface area (Å²) >= 11 is 0. The number of hydrogen-bond acceptors (Lipinski definition) is 4. The van der Waals surface area contributed by atoms with E-state index in [-0.39, 0.29) is 5.97 Å². The molecule has 0 aliphatic heterocycles. The van der Waals surface area contributed by atoms with Crippen molar-refractivity contribution in [3.8, 4) is 5.75 Å². The van der Waals surface area contributed by atoms with E-state index in [1.54, 1.807) is 6.26 Å². The van der Waals surface area contributed by atoms with Crippen LogP contribution in [-0.4, -0.2) is 19.2 Å². The van der Waals surface area contributed by atoms with Gasteiger partial charge in [-0.1, -0.05) is 6.07 Å². The SMILES string of the molecule is CCOC(=O)CCCCCOc1cccc2occc12. The third kappa shape index (κ3) is 4.02. The first-order chi connectivity index (χ1) is 9.81. The highest BCUT2D eigenvalue weighted by atomic mass is 16.5. The number of carbonyl (C=O) groups is 1. The van der Waals surface area contributed by atoms with Crippen molar-refractivity contribution in [3.05, 3.63) is 30.5 Å². The summed E-state index contributed by atoms with van der Waals surface area (Å²) in [5.74, 6) is 0.734. The van der Waals surface area contributed by atoms with Gasteiger partial charge < -0.3 is 13.9 Å². The Hall–Kier alpha value is -1.97. The molecule has 0 unspecified atom stereocenters. The van der Waals surface area contributed by atoms with Gasteiger partial charge in [0.15, 0.2) is 0 Å². The molecule has 1 aromatic heterocycles. The van der Waals surface area contributed by atoms with Crippen molar-refractivity contribution in [2.75, 3.05) is 13.2 Å². The summed E-state index contributed by atoms with van der Waals surface area (Å²) in [5, 5.41) is 0.999. The third-order valence-corrected chi connectivity index (χ3v) is 3.04. The van der Waals surface area contributed by atoms with E-state index in [4.69, 9.17) is 13.9 Å². The van der Waals surface area contributed by atoms with Gasteiger partial charge in [0.05, 0.1) is 24.9 Å². The van der Waals surface area contributed by atoms with Crippen LogP contribution < -0.4 is 4.74 Å². The Kier molecular flexibility index (Phi) is 5.47. The molecule has 0 atom stereocenters. The normalized spacial score (nSPS) is 10.7. The number of furan rings is 1. The second-order valence-electron chi connectivity index (χ2n) is 4.55. The minimum Gasteiger partial charge on any atom is -0.493 e. The minimum absolute atomic E-state index is 0.114. The van der Waals surface area contributed by atoms with Crippen LogP contribution in [0.25, 0.3) is 11.0 Å². The number of carbonyl (C=O) groups excluding carboxylic acids is 1. The molecule has 0 amide bonds. The van der Waals surface area contributed by atoms with Crippen LogP contribution >= 0.6 is 0 Å². The van der Waals surface area contributed by atoms with E-state index in [9.17, 15) is 4.79 Å². The Labute approximate surface area is 118 Å². The number of ether oxygens (including phenoxy) is 2. The topological polar surface area (TPSA) is 48.7 Å². The highest BCUT2D eigenvalue weighted by molar-refractivity contribution is 5.83. The van der Waals surface area contributed by atoms with Gasteiger partial charge in [0.1, 0.15) is 11.3 Å². The third-order valence-electron chi connectivity index (χ3n) is 3.04. The second kappa shape index (κ2) is 7.58. The largest absolute Gasteiger partial charge is 0.493 e. The molecule has 0 spiro atoms. The molecular formula is C16H20O4. The molecule has 0 aliphatic rings. The zero-order valence-electron chi connectivity index (χ0n) is 11.8.